The largest absolute Gasteiger partial charge is 0.303 e. The normalized spacial score (nSPS) is 10.7. The van der Waals surface area contributed by atoms with Crippen LogP contribution in [0.1, 0.15) is 27.0 Å². The summed E-state index contributed by atoms with van der Waals surface area (Å²) in [6.45, 7) is 1.99. The second kappa shape index (κ2) is 6.62. The lowest BCUT2D eigenvalue weighted by Gasteiger charge is -2.01. The maximum absolute atomic E-state index is 12.0. The zero-order valence-electron chi connectivity index (χ0n) is 11.4. The summed E-state index contributed by atoms with van der Waals surface area (Å²) in [5, 5.41) is 0. The number of benzene rings is 2. The second-order valence-corrected chi connectivity index (χ2v) is 4.63. The summed E-state index contributed by atoms with van der Waals surface area (Å²) in [6, 6.07) is 15.0. The maximum atomic E-state index is 12.0. The number of hydrogen-bond donors (Lipinski definition) is 0. The van der Waals surface area contributed by atoms with Gasteiger partial charge in [-0.3, -0.25) is 4.79 Å². The number of hydrogen-bond acceptors (Lipinski definition) is 2. The Kier molecular flexibility index (Phi) is 4.61. The Hall–Kier alpha value is -2.48. The van der Waals surface area contributed by atoms with Gasteiger partial charge in [0.2, 0.25) is 0 Å². The number of carbonyl (C=O) groups is 2. The van der Waals surface area contributed by atoms with E-state index < -0.39 is 0 Å². The average Bonchev–Trinajstić information content (AvgIpc) is 2.47. The van der Waals surface area contributed by atoms with Crippen LogP contribution >= 0.6 is 0 Å². The van der Waals surface area contributed by atoms with Crippen molar-refractivity contribution >= 4 is 18.1 Å². The Labute approximate surface area is 118 Å². The third kappa shape index (κ3) is 3.51. The van der Waals surface area contributed by atoms with E-state index in [9.17, 15) is 9.59 Å². The van der Waals surface area contributed by atoms with Crippen molar-refractivity contribution in [3.63, 3.8) is 0 Å². The van der Waals surface area contributed by atoms with E-state index in [1.54, 1.807) is 12.2 Å². The van der Waals surface area contributed by atoms with Crippen LogP contribution in [-0.2, 0) is 11.2 Å². The first-order chi connectivity index (χ1) is 9.70. The smallest absolute Gasteiger partial charge is 0.185 e. The molecule has 2 aromatic carbocycles. The molecule has 0 N–H and O–H groups in total. The fourth-order valence-corrected chi connectivity index (χ4v) is 1.95. The number of carbonyl (C=O) groups excluding carboxylic acids is 2. The van der Waals surface area contributed by atoms with Gasteiger partial charge in [-0.05, 0) is 24.1 Å². The van der Waals surface area contributed by atoms with Crippen LogP contribution in [0.2, 0.25) is 0 Å². The summed E-state index contributed by atoms with van der Waals surface area (Å²) in [7, 11) is 0. The van der Waals surface area contributed by atoms with Gasteiger partial charge in [0, 0.05) is 12.0 Å². The summed E-state index contributed by atoms with van der Waals surface area (Å²) in [6.07, 6.45) is 4.54. The molecule has 0 heterocycles. The standard InChI is InChI=1S/C18H16O2/c1-14-6-8-17(9-7-14)18(20)11-10-15-4-2-3-5-16(15)12-13-19/h2-11,13H,12H2,1H3/b11-10+. The van der Waals surface area contributed by atoms with Crippen molar-refractivity contribution in [2.24, 2.45) is 0 Å². The lowest BCUT2D eigenvalue weighted by molar-refractivity contribution is -0.107. The molecule has 0 saturated carbocycles. The van der Waals surface area contributed by atoms with Crippen LogP contribution in [0.5, 0.6) is 0 Å². The molecule has 0 amide bonds. The Morgan fingerprint density at radius 1 is 1.05 bits per heavy atom. The monoisotopic (exact) mass is 264 g/mol. The molecule has 2 rings (SSSR count). The van der Waals surface area contributed by atoms with Crippen LogP contribution in [0.3, 0.4) is 0 Å². The Balaban J connectivity index is 2.18. The molecule has 0 saturated heterocycles. The maximum Gasteiger partial charge on any atom is 0.185 e. The van der Waals surface area contributed by atoms with E-state index >= 15 is 0 Å². The summed E-state index contributed by atoms with van der Waals surface area (Å²) in [5.41, 5.74) is 3.62. The highest BCUT2D eigenvalue weighted by molar-refractivity contribution is 6.06. The Morgan fingerprint density at radius 3 is 2.45 bits per heavy atom. The minimum absolute atomic E-state index is 0.0362. The molecule has 0 aliphatic heterocycles. The minimum Gasteiger partial charge on any atom is -0.303 e. The van der Waals surface area contributed by atoms with Gasteiger partial charge in [-0.1, -0.05) is 60.2 Å². The molecule has 100 valence electrons. The molecule has 0 aliphatic rings. The van der Waals surface area contributed by atoms with E-state index in [0.29, 0.717) is 12.0 Å². The molecule has 20 heavy (non-hydrogen) atoms. The average molecular weight is 264 g/mol. The van der Waals surface area contributed by atoms with Gasteiger partial charge in [-0.2, -0.15) is 0 Å². The van der Waals surface area contributed by atoms with Gasteiger partial charge < -0.3 is 4.79 Å². The quantitative estimate of drug-likeness (QED) is 0.469. The lowest BCUT2D eigenvalue weighted by atomic mass is 10.0. The predicted octanol–water partition coefficient (Wildman–Crippen LogP) is 3.63. The minimum atomic E-state index is -0.0362. The van der Waals surface area contributed by atoms with Crippen molar-refractivity contribution < 1.29 is 9.59 Å². The van der Waals surface area contributed by atoms with Crippen LogP contribution in [0, 0.1) is 6.92 Å². The van der Waals surface area contributed by atoms with Crippen molar-refractivity contribution in [1.82, 2.24) is 0 Å². The number of rotatable bonds is 5. The zero-order chi connectivity index (χ0) is 14.4. The van der Waals surface area contributed by atoms with Crippen molar-refractivity contribution in [3.05, 3.63) is 76.9 Å². The molecule has 0 atom stereocenters. The molecule has 0 aromatic heterocycles. The summed E-state index contributed by atoms with van der Waals surface area (Å²) < 4.78 is 0. The summed E-state index contributed by atoms with van der Waals surface area (Å²) >= 11 is 0. The predicted molar refractivity (Wildman–Crippen MR) is 80.8 cm³/mol. The van der Waals surface area contributed by atoms with E-state index in [1.807, 2.05) is 55.5 Å². The van der Waals surface area contributed by atoms with Gasteiger partial charge in [0.05, 0.1) is 0 Å². The van der Waals surface area contributed by atoms with Gasteiger partial charge >= 0.3 is 0 Å². The van der Waals surface area contributed by atoms with E-state index in [-0.39, 0.29) is 5.78 Å². The third-order valence-electron chi connectivity index (χ3n) is 3.11. The number of aldehydes is 1. The van der Waals surface area contributed by atoms with Crippen molar-refractivity contribution in [1.29, 1.82) is 0 Å². The highest BCUT2D eigenvalue weighted by atomic mass is 16.1. The fourth-order valence-electron chi connectivity index (χ4n) is 1.95. The zero-order valence-corrected chi connectivity index (χ0v) is 11.4. The van der Waals surface area contributed by atoms with Crippen LogP contribution < -0.4 is 0 Å². The lowest BCUT2D eigenvalue weighted by Crippen LogP contribution is -1.95. The number of allylic oxidation sites excluding steroid dienone is 1. The van der Waals surface area contributed by atoms with Gasteiger partial charge in [0.25, 0.3) is 0 Å². The molecule has 2 nitrogen and oxygen atoms in total. The van der Waals surface area contributed by atoms with Crippen LogP contribution in [0.25, 0.3) is 6.08 Å². The number of ketones is 1. The van der Waals surface area contributed by atoms with E-state index in [4.69, 9.17) is 0 Å². The Bertz CT molecular complexity index is 637. The van der Waals surface area contributed by atoms with Gasteiger partial charge in [-0.25, -0.2) is 0 Å². The topological polar surface area (TPSA) is 34.1 Å². The van der Waals surface area contributed by atoms with Crippen molar-refractivity contribution in [2.75, 3.05) is 0 Å². The van der Waals surface area contributed by atoms with E-state index in [1.165, 1.54) is 0 Å². The first-order valence-corrected chi connectivity index (χ1v) is 6.51. The number of aryl methyl sites for hydroxylation is 1. The molecule has 0 spiro atoms. The van der Waals surface area contributed by atoms with Gasteiger partial charge in [0.1, 0.15) is 6.29 Å². The Morgan fingerprint density at radius 2 is 1.75 bits per heavy atom. The molecule has 2 heteroatoms. The SMILES string of the molecule is Cc1ccc(C(=O)/C=C/c2ccccc2CC=O)cc1. The van der Waals surface area contributed by atoms with Crippen molar-refractivity contribution in [3.8, 4) is 0 Å². The highest BCUT2D eigenvalue weighted by Crippen LogP contribution is 2.12. The molecule has 2 aromatic rings. The molecule has 0 aliphatic carbocycles. The highest BCUT2D eigenvalue weighted by Gasteiger charge is 2.02. The van der Waals surface area contributed by atoms with E-state index in [2.05, 4.69) is 0 Å². The molecule has 0 unspecified atom stereocenters. The van der Waals surface area contributed by atoms with Crippen molar-refractivity contribution in [2.45, 2.75) is 13.3 Å². The van der Waals surface area contributed by atoms with Crippen LogP contribution in [0.4, 0.5) is 0 Å². The van der Waals surface area contributed by atoms with Gasteiger partial charge in [-0.15, -0.1) is 0 Å². The molecular formula is C18H16O2. The van der Waals surface area contributed by atoms with Crippen LogP contribution in [0.15, 0.2) is 54.6 Å². The fraction of sp³-hybridized carbons (Fsp3) is 0.111. The first-order valence-electron chi connectivity index (χ1n) is 6.51. The van der Waals surface area contributed by atoms with E-state index in [0.717, 1.165) is 23.0 Å². The molecule has 0 fully saturated rings. The first kappa shape index (κ1) is 13.9. The summed E-state index contributed by atoms with van der Waals surface area (Å²) in [4.78, 5) is 22.7. The second-order valence-electron chi connectivity index (χ2n) is 4.63. The third-order valence-corrected chi connectivity index (χ3v) is 3.11. The van der Waals surface area contributed by atoms with Crippen LogP contribution in [-0.4, -0.2) is 12.1 Å². The van der Waals surface area contributed by atoms with Gasteiger partial charge in [0.15, 0.2) is 5.78 Å². The molecule has 0 radical (unpaired) electrons. The molecular weight excluding hydrogens is 248 g/mol. The molecule has 0 bridgehead atoms. The summed E-state index contributed by atoms with van der Waals surface area (Å²) in [5.74, 6) is -0.0362.